The molecule has 4 heterocycles. The highest BCUT2D eigenvalue weighted by molar-refractivity contribution is 6.99. The lowest BCUT2D eigenvalue weighted by atomic mass is 9.34. The van der Waals surface area contributed by atoms with Gasteiger partial charge in [0.15, 0.2) is 0 Å². The summed E-state index contributed by atoms with van der Waals surface area (Å²) in [6.45, 7) is 31.7. The lowest BCUT2D eigenvalue weighted by Crippen LogP contribution is -2.57. The molecular formula is C114H95B2NO4. The summed E-state index contributed by atoms with van der Waals surface area (Å²) in [6.07, 6.45) is 0. The molecule has 586 valence electrons. The van der Waals surface area contributed by atoms with Crippen molar-refractivity contribution in [2.24, 2.45) is 0 Å². The third-order valence-corrected chi connectivity index (χ3v) is 25.9. The molecule has 0 radical (unpaired) electrons. The molecule has 0 atom stereocenters. The van der Waals surface area contributed by atoms with E-state index in [0.717, 1.165) is 112 Å². The average Bonchev–Trinajstić information content (AvgIpc) is 0.754. The van der Waals surface area contributed by atoms with Crippen molar-refractivity contribution in [3.63, 3.8) is 0 Å². The number of nitrogens with zero attached hydrogens (tertiary/aromatic N) is 1. The van der Waals surface area contributed by atoms with Crippen LogP contribution in [-0.2, 0) is 27.1 Å². The van der Waals surface area contributed by atoms with Gasteiger partial charge in [-0.3, -0.25) is 0 Å². The maximum atomic E-state index is 10.5. The van der Waals surface area contributed by atoms with Gasteiger partial charge in [-0.25, -0.2) is 0 Å². The molecule has 5 nitrogen and oxygen atoms in total. The first-order chi connectivity index (χ1) is 58.2. The van der Waals surface area contributed by atoms with Crippen LogP contribution in [0.3, 0.4) is 0 Å². The molecule has 17 aromatic rings. The molecule has 7 heteroatoms. The van der Waals surface area contributed by atoms with Crippen LogP contribution in [0.5, 0.6) is 46.0 Å². The lowest BCUT2D eigenvalue weighted by Gasteiger charge is -2.35. The predicted octanol–water partition coefficient (Wildman–Crippen LogP) is 26.8. The predicted molar refractivity (Wildman–Crippen MR) is 509 cm³/mol. The summed E-state index contributed by atoms with van der Waals surface area (Å²) in [7, 11) is 0. The standard InChI is InChI=1S/C61H53BO2.C53H42BNO2/c1-59(2,3)43-27-29-50-52(36-43)63-54-34-40(35-55-58(54)62(50)51-30-28-44(60(4,5)6)37-53(51)64-55)39-31-41(33-45(32-39)61(7,8)42-21-13-10-14-22-42)57-48-25-17-15-23-46(48)56(38-19-11-9-12-20-38)47-24-16-18-26-49(47)57;1-52(2,3)37-20-22-43-45(29-37)56-47-27-35(28-48-51(47)54(43)44-23-21-38(53(4,5)6)30-46(44)57-48)34-24-32(31-55)25-36(26-34)50-41-18-12-10-16-39(41)49(33-14-8-7-9-15-33)40-17-11-13-19-42(40)50/h9-37H,1-8H3;7-30H,1-6H3. The SMILES string of the molecule is CC(C)(C)c1ccc2c(c1)Oc1cc(-c3cc(-c4c5ccccc5c(-c5ccccc5)c5ccccc45)cc(C(C)(C)c4ccccc4)c3)cc3c1B2c1ccc(C(C)(C)C)cc1O3.CC(C)(C)c1ccc2c(c1)Oc1cc(-c3cc(C#N)cc(-c4c5ccccc5c(-c5ccccc5)c5ccccc45)c3)cc3c1B2c1ccc(C(C)(C)C)cc1O3. The Morgan fingerprint density at radius 3 is 0.760 bits per heavy atom. The van der Waals surface area contributed by atoms with E-state index in [2.05, 4.69) is 412 Å². The van der Waals surface area contributed by atoms with E-state index in [1.165, 1.54) is 110 Å². The van der Waals surface area contributed by atoms with Crippen LogP contribution in [0, 0.1) is 11.3 Å². The van der Waals surface area contributed by atoms with E-state index in [1.54, 1.807) is 0 Å². The zero-order valence-electron chi connectivity index (χ0n) is 71.3. The number of nitriles is 1. The summed E-state index contributed by atoms with van der Waals surface area (Å²) in [5.74, 6) is 6.83. The molecule has 4 aliphatic rings. The van der Waals surface area contributed by atoms with E-state index in [4.69, 9.17) is 18.9 Å². The zero-order chi connectivity index (χ0) is 83.3. The van der Waals surface area contributed by atoms with Crippen molar-refractivity contribution in [3.8, 4) is 119 Å². The molecule has 0 N–H and O–H groups in total. The second-order valence-corrected chi connectivity index (χ2v) is 38.2. The molecule has 17 aromatic carbocycles. The number of benzene rings is 17. The van der Waals surface area contributed by atoms with Crippen molar-refractivity contribution in [2.75, 3.05) is 0 Å². The van der Waals surface area contributed by atoms with Crippen molar-refractivity contribution >= 4 is 89.3 Å². The van der Waals surface area contributed by atoms with Gasteiger partial charge in [0, 0.05) is 16.3 Å². The van der Waals surface area contributed by atoms with Gasteiger partial charge in [0.1, 0.15) is 46.0 Å². The van der Waals surface area contributed by atoms with Crippen molar-refractivity contribution in [1.29, 1.82) is 5.26 Å². The fourth-order valence-electron chi connectivity index (χ4n) is 19.2. The molecule has 0 aliphatic carbocycles. The van der Waals surface area contributed by atoms with Gasteiger partial charge in [0.2, 0.25) is 0 Å². The molecule has 0 saturated heterocycles. The second kappa shape index (κ2) is 28.7. The third kappa shape index (κ3) is 13.3. The number of hydrogen-bond donors (Lipinski definition) is 0. The van der Waals surface area contributed by atoms with Gasteiger partial charge in [0.25, 0.3) is 13.4 Å². The van der Waals surface area contributed by atoms with Crippen LogP contribution >= 0.6 is 0 Å². The topological polar surface area (TPSA) is 60.7 Å². The Bertz CT molecular complexity index is 6880. The molecule has 0 spiro atoms. The van der Waals surface area contributed by atoms with E-state index in [9.17, 15) is 5.26 Å². The summed E-state index contributed by atoms with van der Waals surface area (Å²) in [5.41, 5.74) is 27.7. The van der Waals surface area contributed by atoms with Gasteiger partial charge < -0.3 is 18.9 Å². The van der Waals surface area contributed by atoms with Crippen LogP contribution in [0.25, 0.3) is 110 Å². The molecule has 21 rings (SSSR count). The molecule has 0 amide bonds. The largest absolute Gasteiger partial charge is 0.458 e. The first kappa shape index (κ1) is 76.3. The van der Waals surface area contributed by atoms with Crippen LogP contribution < -0.4 is 51.7 Å². The van der Waals surface area contributed by atoms with Crippen LogP contribution in [0.1, 0.15) is 136 Å². The third-order valence-electron chi connectivity index (χ3n) is 25.9. The van der Waals surface area contributed by atoms with E-state index in [0.29, 0.717) is 5.56 Å². The van der Waals surface area contributed by atoms with Gasteiger partial charge in [-0.1, -0.05) is 346 Å². The van der Waals surface area contributed by atoms with Crippen molar-refractivity contribution < 1.29 is 18.9 Å². The quantitative estimate of drug-likeness (QED) is 0.112. The maximum Gasteiger partial charge on any atom is 0.260 e. The number of fused-ring (bicyclic) bond motifs is 12. The van der Waals surface area contributed by atoms with E-state index >= 15 is 0 Å². The smallest absolute Gasteiger partial charge is 0.260 e. The molecule has 0 bridgehead atoms. The van der Waals surface area contributed by atoms with Crippen LogP contribution in [0.2, 0.25) is 0 Å². The summed E-state index contributed by atoms with van der Waals surface area (Å²) in [4.78, 5) is 0. The van der Waals surface area contributed by atoms with Crippen molar-refractivity contribution in [1.82, 2.24) is 0 Å². The van der Waals surface area contributed by atoms with Gasteiger partial charge in [-0.15, -0.1) is 0 Å². The fourth-order valence-corrected chi connectivity index (χ4v) is 19.2. The average molecular weight is 1560 g/mol. The number of ether oxygens (including phenoxy) is 4. The van der Waals surface area contributed by atoms with Gasteiger partial charge in [-0.05, 0) is 260 Å². The van der Waals surface area contributed by atoms with Crippen molar-refractivity contribution in [3.05, 3.63) is 360 Å². The summed E-state index contributed by atoms with van der Waals surface area (Å²) >= 11 is 0. The molecule has 0 saturated carbocycles. The van der Waals surface area contributed by atoms with E-state index in [1.807, 2.05) is 12.1 Å². The van der Waals surface area contributed by atoms with Crippen LogP contribution in [0.4, 0.5) is 0 Å². The minimum absolute atomic E-state index is 0.0191. The number of hydrogen-bond acceptors (Lipinski definition) is 5. The zero-order valence-corrected chi connectivity index (χ0v) is 71.3. The summed E-state index contributed by atoms with van der Waals surface area (Å²) < 4.78 is 28.0. The Kier molecular flexibility index (Phi) is 18.1. The molecule has 0 aromatic heterocycles. The minimum Gasteiger partial charge on any atom is -0.458 e. The first-order valence-electron chi connectivity index (χ1n) is 42.6. The fraction of sp³-hybridized carbons (Fsp3) is 0.167. The highest BCUT2D eigenvalue weighted by atomic mass is 16.5. The monoisotopic (exact) mass is 1560 g/mol. The second-order valence-electron chi connectivity index (χ2n) is 38.2. The Morgan fingerprint density at radius 1 is 0.215 bits per heavy atom. The number of rotatable bonds is 8. The Hall–Kier alpha value is -13.4. The van der Waals surface area contributed by atoms with E-state index in [-0.39, 0.29) is 40.5 Å². The Morgan fingerprint density at radius 2 is 0.463 bits per heavy atom. The Balaban J connectivity index is 0.000000155. The summed E-state index contributed by atoms with van der Waals surface area (Å²) in [6, 6.07) is 119. The molecule has 0 fully saturated rings. The highest BCUT2D eigenvalue weighted by Crippen LogP contribution is 2.51. The van der Waals surface area contributed by atoms with Gasteiger partial charge in [0.05, 0.1) is 11.6 Å². The molecule has 4 aliphatic heterocycles. The van der Waals surface area contributed by atoms with E-state index < -0.39 is 0 Å². The van der Waals surface area contributed by atoms with Crippen LogP contribution in [0.15, 0.2) is 322 Å². The molecule has 0 unspecified atom stereocenters. The summed E-state index contributed by atoms with van der Waals surface area (Å²) in [5, 5.41) is 20.1. The minimum atomic E-state index is -0.313. The molecular weight excluding hydrogens is 1470 g/mol. The lowest BCUT2D eigenvalue weighted by molar-refractivity contribution is 0.461. The first-order valence-corrected chi connectivity index (χ1v) is 42.6. The van der Waals surface area contributed by atoms with Crippen molar-refractivity contribution in [2.45, 2.75) is 124 Å². The normalized spacial score (nSPS) is 13.1. The molecule has 121 heavy (non-hydrogen) atoms. The van der Waals surface area contributed by atoms with Gasteiger partial charge >= 0.3 is 0 Å². The highest BCUT2D eigenvalue weighted by Gasteiger charge is 2.44. The maximum absolute atomic E-state index is 10.5. The van der Waals surface area contributed by atoms with Gasteiger partial charge in [-0.2, -0.15) is 5.26 Å². The van der Waals surface area contributed by atoms with Crippen LogP contribution in [-0.4, -0.2) is 13.4 Å². The Labute approximate surface area is 712 Å².